The van der Waals surface area contributed by atoms with Crippen LogP contribution in [0.3, 0.4) is 0 Å². The molecule has 0 spiro atoms. The van der Waals surface area contributed by atoms with E-state index < -0.39 is 6.04 Å². The van der Waals surface area contributed by atoms with E-state index in [-0.39, 0.29) is 11.9 Å². The maximum atomic E-state index is 12.1. The Morgan fingerprint density at radius 3 is 2.57 bits per heavy atom. The Morgan fingerprint density at radius 1 is 1.19 bits per heavy atom. The van der Waals surface area contributed by atoms with Crippen molar-refractivity contribution in [1.29, 1.82) is 0 Å². The fourth-order valence-corrected chi connectivity index (χ4v) is 2.12. The van der Waals surface area contributed by atoms with Crippen LogP contribution in [0.4, 0.5) is 0 Å². The smallest absolute Gasteiger partial charge is 0.237 e. The zero-order valence-corrected chi connectivity index (χ0v) is 12.2. The highest BCUT2D eigenvalue weighted by atomic mass is 16.2. The first-order valence-corrected chi connectivity index (χ1v) is 7.17. The Labute approximate surface area is 125 Å². The standard InChI is InChI=1S/C17H21N3O/c1-13(16-9-5-6-12-19-16)20-17(21)15(18)11-10-14-7-3-2-4-8-14/h2-9,12-13,15H,10-11,18H2,1H3,(H,20,21)/t13?,15-/m0/s1. The average molecular weight is 283 g/mol. The van der Waals surface area contributed by atoms with E-state index in [0.29, 0.717) is 6.42 Å². The molecule has 3 N–H and O–H groups in total. The third-order valence-corrected chi connectivity index (χ3v) is 3.41. The Balaban J connectivity index is 1.82. The van der Waals surface area contributed by atoms with Crippen molar-refractivity contribution in [2.75, 3.05) is 0 Å². The lowest BCUT2D eigenvalue weighted by Crippen LogP contribution is -2.42. The third-order valence-electron chi connectivity index (χ3n) is 3.41. The van der Waals surface area contributed by atoms with Gasteiger partial charge in [0.15, 0.2) is 0 Å². The summed E-state index contributed by atoms with van der Waals surface area (Å²) in [6.07, 6.45) is 3.14. The van der Waals surface area contributed by atoms with Crippen LogP contribution in [0.2, 0.25) is 0 Å². The summed E-state index contributed by atoms with van der Waals surface area (Å²) in [6, 6.07) is 15.0. The van der Waals surface area contributed by atoms with Gasteiger partial charge < -0.3 is 11.1 Å². The molecule has 0 aliphatic heterocycles. The van der Waals surface area contributed by atoms with E-state index >= 15 is 0 Å². The zero-order valence-electron chi connectivity index (χ0n) is 12.2. The van der Waals surface area contributed by atoms with Crippen LogP contribution >= 0.6 is 0 Å². The minimum atomic E-state index is -0.503. The van der Waals surface area contributed by atoms with Crippen LogP contribution in [0.15, 0.2) is 54.7 Å². The molecule has 2 rings (SSSR count). The SMILES string of the molecule is CC(NC(=O)[C@@H](N)CCc1ccccc1)c1ccccn1. The van der Waals surface area contributed by atoms with Gasteiger partial charge >= 0.3 is 0 Å². The fourth-order valence-electron chi connectivity index (χ4n) is 2.12. The van der Waals surface area contributed by atoms with Crippen molar-refractivity contribution < 1.29 is 4.79 Å². The number of nitrogens with one attached hydrogen (secondary N) is 1. The van der Waals surface area contributed by atoms with Crippen molar-refractivity contribution in [2.24, 2.45) is 5.73 Å². The highest BCUT2D eigenvalue weighted by molar-refractivity contribution is 5.81. The van der Waals surface area contributed by atoms with Gasteiger partial charge in [-0.05, 0) is 37.5 Å². The summed E-state index contributed by atoms with van der Waals surface area (Å²) in [5.41, 5.74) is 7.99. The molecular formula is C17H21N3O. The first-order valence-electron chi connectivity index (χ1n) is 7.17. The number of pyridine rings is 1. The molecule has 0 saturated carbocycles. The Morgan fingerprint density at radius 2 is 1.90 bits per heavy atom. The first kappa shape index (κ1) is 15.2. The molecule has 0 fully saturated rings. The van der Waals surface area contributed by atoms with Gasteiger partial charge in [0.25, 0.3) is 0 Å². The topological polar surface area (TPSA) is 68.0 Å². The number of hydrogen-bond acceptors (Lipinski definition) is 3. The molecule has 0 aliphatic rings. The molecule has 1 heterocycles. The number of aryl methyl sites for hydroxylation is 1. The summed E-state index contributed by atoms with van der Waals surface area (Å²) in [5, 5.41) is 2.91. The fraction of sp³-hybridized carbons (Fsp3) is 0.294. The maximum absolute atomic E-state index is 12.1. The van der Waals surface area contributed by atoms with Gasteiger partial charge in [0.2, 0.25) is 5.91 Å². The van der Waals surface area contributed by atoms with E-state index in [4.69, 9.17) is 5.73 Å². The van der Waals surface area contributed by atoms with Crippen LogP contribution in [0.5, 0.6) is 0 Å². The summed E-state index contributed by atoms with van der Waals surface area (Å²) < 4.78 is 0. The number of amides is 1. The van der Waals surface area contributed by atoms with E-state index in [0.717, 1.165) is 12.1 Å². The van der Waals surface area contributed by atoms with E-state index in [1.54, 1.807) is 6.20 Å². The molecule has 0 radical (unpaired) electrons. The molecule has 1 amide bonds. The van der Waals surface area contributed by atoms with Crippen molar-refractivity contribution >= 4 is 5.91 Å². The van der Waals surface area contributed by atoms with E-state index in [2.05, 4.69) is 10.3 Å². The maximum Gasteiger partial charge on any atom is 0.237 e. The van der Waals surface area contributed by atoms with E-state index in [1.807, 2.05) is 55.5 Å². The number of nitrogens with zero attached hydrogens (tertiary/aromatic N) is 1. The number of aromatic nitrogens is 1. The largest absolute Gasteiger partial charge is 0.347 e. The van der Waals surface area contributed by atoms with Gasteiger partial charge in [-0.1, -0.05) is 36.4 Å². The van der Waals surface area contributed by atoms with Crippen molar-refractivity contribution in [2.45, 2.75) is 31.8 Å². The molecule has 2 aromatic rings. The zero-order chi connectivity index (χ0) is 15.1. The second-order valence-corrected chi connectivity index (χ2v) is 5.12. The summed E-state index contributed by atoms with van der Waals surface area (Å²) in [7, 11) is 0. The van der Waals surface area contributed by atoms with Gasteiger partial charge in [-0.3, -0.25) is 9.78 Å². The van der Waals surface area contributed by atoms with Gasteiger partial charge in [-0.2, -0.15) is 0 Å². The highest BCUT2D eigenvalue weighted by Crippen LogP contribution is 2.09. The molecular weight excluding hydrogens is 262 g/mol. The number of nitrogens with two attached hydrogens (primary N) is 1. The lowest BCUT2D eigenvalue weighted by atomic mass is 10.0. The molecule has 110 valence electrons. The summed E-state index contributed by atoms with van der Waals surface area (Å²) in [6.45, 7) is 1.91. The molecule has 2 atom stereocenters. The van der Waals surface area contributed by atoms with Gasteiger partial charge in [0.1, 0.15) is 0 Å². The molecule has 4 nitrogen and oxygen atoms in total. The lowest BCUT2D eigenvalue weighted by Gasteiger charge is -2.17. The summed E-state index contributed by atoms with van der Waals surface area (Å²) >= 11 is 0. The van der Waals surface area contributed by atoms with Gasteiger partial charge in [-0.25, -0.2) is 0 Å². The summed E-state index contributed by atoms with van der Waals surface area (Å²) in [4.78, 5) is 16.3. The number of benzene rings is 1. The normalized spacial score (nSPS) is 13.4. The molecule has 4 heteroatoms. The Hall–Kier alpha value is -2.20. The number of hydrogen-bond donors (Lipinski definition) is 2. The molecule has 1 unspecified atom stereocenters. The monoisotopic (exact) mass is 283 g/mol. The van der Waals surface area contributed by atoms with Crippen LogP contribution in [0, 0.1) is 0 Å². The predicted octanol–water partition coefficient (Wildman–Crippen LogP) is 2.22. The van der Waals surface area contributed by atoms with Crippen LogP contribution in [-0.2, 0) is 11.2 Å². The minimum absolute atomic E-state index is 0.135. The Kier molecular flexibility index (Phi) is 5.46. The van der Waals surface area contributed by atoms with E-state index in [9.17, 15) is 4.79 Å². The quantitative estimate of drug-likeness (QED) is 0.854. The van der Waals surface area contributed by atoms with Crippen LogP contribution < -0.4 is 11.1 Å². The average Bonchev–Trinajstić information content (AvgIpc) is 2.54. The second-order valence-electron chi connectivity index (χ2n) is 5.12. The summed E-state index contributed by atoms with van der Waals surface area (Å²) in [5.74, 6) is -0.135. The van der Waals surface area contributed by atoms with Crippen molar-refractivity contribution in [3.63, 3.8) is 0 Å². The van der Waals surface area contributed by atoms with Crippen molar-refractivity contribution in [1.82, 2.24) is 10.3 Å². The molecule has 1 aromatic heterocycles. The van der Waals surface area contributed by atoms with Gasteiger partial charge in [0.05, 0.1) is 17.8 Å². The molecule has 1 aromatic carbocycles. The van der Waals surface area contributed by atoms with Crippen LogP contribution in [-0.4, -0.2) is 16.9 Å². The minimum Gasteiger partial charge on any atom is -0.347 e. The lowest BCUT2D eigenvalue weighted by molar-refractivity contribution is -0.123. The van der Waals surface area contributed by atoms with Crippen molar-refractivity contribution in [3.05, 3.63) is 66.0 Å². The number of carbonyl (C=O) groups excluding carboxylic acids is 1. The molecule has 0 saturated heterocycles. The van der Waals surface area contributed by atoms with Crippen LogP contribution in [0.25, 0.3) is 0 Å². The molecule has 21 heavy (non-hydrogen) atoms. The Bertz CT molecular complexity index is 557. The first-order chi connectivity index (χ1) is 10.2. The highest BCUT2D eigenvalue weighted by Gasteiger charge is 2.16. The van der Waals surface area contributed by atoms with Crippen LogP contribution in [0.1, 0.15) is 30.6 Å². The predicted molar refractivity (Wildman–Crippen MR) is 83.5 cm³/mol. The van der Waals surface area contributed by atoms with E-state index in [1.165, 1.54) is 5.56 Å². The third kappa shape index (κ3) is 4.68. The molecule has 0 bridgehead atoms. The number of carbonyl (C=O) groups is 1. The second kappa shape index (κ2) is 7.55. The van der Waals surface area contributed by atoms with Gasteiger partial charge in [0, 0.05) is 6.20 Å². The number of rotatable bonds is 6. The van der Waals surface area contributed by atoms with Gasteiger partial charge in [-0.15, -0.1) is 0 Å². The molecule has 0 aliphatic carbocycles. The van der Waals surface area contributed by atoms with Crippen molar-refractivity contribution in [3.8, 4) is 0 Å².